The molecule has 0 aliphatic carbocycles. The van der Waals surface area contributed by atoms with Crippen LogP contribution in [-0.4, -0.2) is 19.6 Å². The quantitative estimate of drug-likeness (QED) is 0.200. The molecule has 3 rings (SSSR count). The molecule has 30 heavy (non-hydrogen) atoms. The number of benzene rings is 3. The third-order valence-corrected chi connectivity index (χ3v) is 5.69. The van der Waals surface area contributed by atoms with Gasteiger partial charge in [0.1, 0.15) is 4.90 Å². The van der Waals surface area contributed by atoms with Crippen LogP contribution in [0.1, 0.15) is 11.1 Å². The first-order valence-corrected chi connectivity index (χ1v) is 10.6. The van der Waals surface area contributed by atoms with Gasteiger partial charge in [0, 0.05) is 28.9 Å². The van der Waals surface area contributed by atoms with Gasteiger partial charge < -0.3 is 4.18 Å². The largest absolute Gasteiger partial charge is 0.377 e. The van der Waals surface area contributed by atoms with Gasteiger partial charge in [-0.15, -0.1) is 0 Å². The summed E-state index contributed by atoms with van der Waals surface area (Å²) in [5, 5.41) is 11.0. The monoisotopic (exact) mass is 464 g/mol. The normalized spacial score (nSPS) is 11.6. The number of rotatable bonds is 6. The molecule has 3 aromatic carbocycles. The van der Waals surface area contributed by atoms with Crippen molar-refractivity contribution in [3.05, 3.63) is 92.0 Å². The number of nitro groups is 1. The number of aliphatic imine (C=N–C) groups is 1. The molecular formula is C20H14Cl2N2O5S. The molecule has 0 atom stereocenters. The van der Waals surface area contributed by atoms with Gasteiger partial charge in [0.25, 0.3) is 5.69 Å². The zero-order chi connectivity index (χ0) is 21.9. The van der Waals surface area contributed by atoms with E-state index in [2.05, 4.69) is 4.99 Å². The second-order valence-corrected chi connectivity index (χ2v) is 8.58. The van der Waals surface area contributed by atoms with Crippen molar-refractivity contribution < 1.29 is 17.5 Å². The van der Waals surface area contributed by atoms with Crippen LogP contribution in [0.15, 0.2) is 70.6 Å². The first kappa shape index (κ1) is 21.8. The standard InChI is InChI=1S/C20H14Cl2N2O5S/c1-13-2-8-18(9-3-13)30(27,28)29-20-14(10-15(21)11-19(20)22)12-23-16-4-6-17(7-5-16)24(25)26/h2-12H,1H3. The summed E-state index contributed by atoms with van der Waals surface area (Å²) in [6, 6.07) is 14.5. The van der Waals surface area contributed by atoms with Crippen molar-refractivity contribution in [3.63, 3.8) is 0 Å². The number of halogens is 2. The molecule has 0 radical (unpaired) electrons. The first-order valence-electron chi connectivity index (χ1n) is 8.44. The predicted octanol–water partition coefficient (Wildman–Crippen LogP) is 5.73. The van der Waals surface area contributed by atoms with E-state index in [0.29, 0.717) is 5.69 Å². The average Bonchev–Trinajstić information content (AvgIpc) is 2.69. The van der Waals surface area contributed by atoms with Crippen LogP contribution in [0.4, 0.5) is 11.4 Å². The third kappa shape index (κ3) is 5.15. The van der Waals surface area contributed by atoms with Gasteiger partial charge in [0.05, 0.1) is 15.6 Å². The molecule has 0 aromatic heterocycles. The molecule has 0 saturated heterocycles. The molecule has 0 unspecified atom stereocenters. The van der Waals surface area contributed by atoms with Gasteiger partial charge in [-0.05, 0) is 43.3 Å². The molecule has 10 heteroatoms. The van der Waals surface area contributed by atoms with Crippen LogP contribution in [-0.2, 0) is 10.1 Å². The number of nitro benzene ring substituents is 1. The van der Waals surface area contributed by atoms with E-state index in [9.17, 15) is 18.5 Å². The SMILES string of the molecule is Cc1ccc(S(=O)(=O)Oc2c(Cl)cc(Cl)cc2C=Nc2ccc([N+](=O)[O-])cc2)cc1. The summed E-state index contributed by atoms with van der Waals surface area (Å²) in [6.07, 6.45) is 1.32. The van der Waals surface area contributed by atoms with Crippen LogP contribution >= 0.6 is 23.2 Å². The minimum Gasteiger partial charge on any atom is -0.377 e. The minimum atomic E-state index is -4.15. The van der Waals surface area contributed by atoms with Crippen LogP contribution in [0.5, 0.6) is 5.75 Å². The fourth-order valence-corrected chi connectivity index (χ4v) is 4.00. The Morgan fingerprint density at radius 3 is 2.27 bits per heavy atom. The molecular weight excluding hydrogens is 451 g/mol. The van der Waals surface area contributed by atoms with Crippen LogP contribution in [0.25, 0.3) is 0 Å². The lowest BCUT2D eigenvalue weighted by atomic mass is 10.2. The second-order valence-electron chi connectivity index (χ2n) is 6.19. The van der Waals surface area contributed by atoms with Crippen LogP contribution in [0.3, 0.4) is 0 Å². The molecule has 0 bridgehead atoms. The average molecular weight is 465 g/mol. The van der Waals surface area contributed by atoms with Crippen LogP contribution in [0.2, 0.25) is 10.0 Å². The van der Waals surface area contributed by atoms with Gasteiger partial charge >= 0.3 is 10.1 Å². The Morgan fingerprint density at radius 1 is 1.03 bits per heavy atom. The summed E-state index contributed by atoms with van der Waals surface area (Å²) < 4.78 is 30.6. The van der Waals surface area contributed by atoms with E-state index in [1.807, 2.05) is 6.92 Å². The van der Waals surface area contributed by atoms with Gasteiger partial charge in [0.2, 0.25) is 0 Å². The van der Waals surface area contributed by atoms with Gasteiger partial charge in [-0.2, -0.15) is 8.42 Å². The molecule has 154 valence electrons. The summed E-state index contributed by atoms with van der Waals surface area (Å²) in [6.45, 7) is 1.83. The molecule has 0 heterocycles. The van der Waals surface area contributed by atoms with Crippen molar-refractivity contribution in [1.82, 2.24) is 0 Å². The molecule has 0 fully saturated rings. The Kier molecular flexibility index (Phi) is 6.40. The summed E-state index contributed by atoms with van der Waals surface area (Å²) in [5.74, 6) is -0.132. The van der Waals surface area contributed by atoms with E-state index in [1.54, 1.807) is 12.1 Å². The fourth-order valence-electron chi connectivity index (χ4n) is 2.43. The fraction of sp³-hybridized carbons (Fsp3) is 0.0500. The second kappa shape index (κ2) is 8.83. The van der Waals surface area contributed by atoms with Crippen molar-refractivity contribution >= 4 is 50.9 Å². The highest BCUT2D eigenvalue weighted by atomic mass is 35.5. The van der Waals surface area contributed by atoms with Crippen LogP contribution in [0, 0.1) is 17.0 Å². The van der Waals surface area contributed by atoms with E-state index in [-0.39, 0.29) is 31.9 Å². The van der Waals surface area contributed by atoms with Crippen LogP contribution < -0.4 is 4.18 Å². The zero-order valence-corrected chi connectivity index (χ0v) is 17.8. The number of nitrogens with zero attached hydrogens (tertiary/aromatic N) is 2. The molecule has 0 N–H and O–H groups in total. The van der Waals surface area contributed by atoms with Gasteiger partial charge in [-0.3, -0.25) is 15.1 Å². The maximum absolute atomic E-state index is 12.7. The molecule has 0 amide bonds. The van der Waals surface area contributed by atoms with Crippen molar-refractivity contribution in [2.24, 2.45) is 4.99 Å². The van der Waals surface area contributed by atoms with Crippen molar-refractivity contribution in [1.29, 1.82) is 0 Å². The predicted molar refractivity (Wildman–Crippen MR) is 116 cm³/mol. The minimum absolute atomic E-state index is 0.0108. The molecule has 0 spiro atoms. The molecule has 0 aliphatic heterocycles. The first-order chi connectivity index (χ1) is 14.2. The Hall–Kier alpha value is -2.94. The maximum atomic E-state index is 12.7. The summed E-state index contributed by atoms with van der Waals surface area (Å²) >= 11 is 12.2. The van der Waals surface area contributed by atoms with Gasteiger partial charge in [0.15, 0.2) is 5.75 Å². The summed E-state index contributed by atoms with van der Waals surface area (Å²) in [7, 11) is -4.15. The van der Waals surface area contributed by atoms with E-state index < -0.39 is 15.0 Å². The Morgan fingerprint density at radius 2 is 1.67 bits per heavy atom. The summed E-state index contributed by atoms with van der Waals surface area (Å²) in [5.41, 5.74) is 1.45. The number of hydrogen-bond donors (Lipinski definition) is 0. The molecule has 0 aliphatic rings. The Bertz CT molecular complexity index is 1230. The lowest BCUT2D eigenvalue weighted by molar-refractivity contribution is -0.384. The summed E-state index contributed by atoms with van der Waals surface area (Å²) in [4.78, 5) is 14.4. The Balaban J connectivity index is 1.96. The van der Waals surface area contributed by atoms with E-state index >= 15 is 0 Å². The smallest absolute Gasteiger partial charge is 0.339 e. The number of hydrogen-bond acceptors (Lipinski definition) is 6. The van der Waals surface area contributed by atoms with E-state index in [1.165, 1.54) is 54.7 Å². The maximum Gasteiger partial charge on any atom is 0.339 e. The lowest BCUT2D eigenvalue weighted by Gasteiger charge is -2.12. The highest BCUT2D eigenvalue weighted by Gasteiger charge is 2.21. The molecule has 7 nitrogen and oxygen atoms in total. The van der Waals surface area contributed by atoms with Gasteiger partial charge in [-0.25, -0.2) is 0 Å². The molecule has 3 aromatic rings. The van der Waals surface area contributed by atoms with Gasteiger partial charge in [-0.1, -0.05) is 40.9 Å². The molecule has 0 saturated carbocycles. The highest BCUT2D eigenvalue weighted by molar-refractivity contribution is 7.87. The zero-order valence-electron chi connectivity index (χ0n) is 15.5. The number of non-ortho nitro benzene ring substituents is 1. The Labute approximate surface area is 182 Å². The van der Waals surface area contributed by atoms with Crippen molar-refractivity contribution in [2.45, 2.75) is 11.8 Å². The van der Waals surface area contributed by atoms with E-state index in [0.717, 1.165) is 5.56 Å². The third-order valence-electron chi connectivity index (χ3n) is 3.95. The van der Waals surface area contributed by atoms with E-state index in [4.69, 9.17) is 27.4 Å². The lowest BCUT2D eigenvalue weighted by Crippen LogP contribution is -2.11. The topological polar surface area (TPSA) is 98.9 Å². The van der Waals surface area contributed by atoms with Crippen molar-refractivity contribution in [3.8, 4) is 5.75 Å². The van der Waals surface area contributed by atoms with Crippen molar-refractivity contribution in [2.75, 3.05) is 0 Å². The number of aryl methyl sites for hydroxylation is 1. The highest BCUT2D eigenvalue weighted by Crippen LogP contribution is 2.34.